The smallest absolute Gasteiger partial charge is 0.321 e. The molecule has 0 aliphatic rings. The van der Waals surface area contributed by atoms with Gasteiger partial charge in [-0.25, -0.2) is 8.42 Å². The van der Waals surface area contributed by atoms with E-state index in [9.17, 15) is 18.0 Å². The van der Waals surface area contributed by atoms with Gasteiger partial charge in [-0.1, -0.05) is 42.0 Å². The average Bonchev–Trinajstić information content (AvgIpc) is 2.67. The van der Waals surface area contributed by atoms with Gasteiger partial charge in [0.2, 0.25) is 10.0 Å². The quantitative estimate of drug-likeness (QED) is 0.640. The van der Waals surface area contributed by atoms with E-state index in [1.807, 2.05) is 31.2 Å². The Morgan fingerprint density at radius 2 is 1.62 bits per heavy atom. The summed E-state index contributed by atoms with van der Waals surface area (Å²) < 4.78 is 32.1. The van der Waals surface area contributed by atoms with Crippen LogP contribution in [0.3, 0.4) is 0 Å². The molecule has 0 radical (unpaired) electrons. The highest BCUT2D eigenvalue weighted by atomic mass is 32.2. The Kier molecular flexibility index (Phi) is 7.53. The van der Waals surface area contributed by atoms with E-state index in [0.29, 0.717) is 12.1 Å². The predicted octanol–water partition coefficient (Wildman–Crippen LogP) is 2.14. The topological polar surface area (TPSA) is 102 Å². The van der Waals surface area contributed by atoms with E-state index in [1.165, 1.54) is 13.0 Å². The molecule has 2 aromatic carbocycles. The summed E-state index contributed by atoms with van der Waals surface area (Å²) >= 11 is 0. The molecule has 1 amide bonds. The first-order valence-electron chi connectivity index (χ1n) is 9.18. The van der Waals surface area contributed by atoms with Crippen LogP contribution in [0.4, 0.5) is 0 Å². The summed E-state index contributed by atoms with van der Waals surface area (Å²) in [5.41, 5.74) is 3.40. The normalized spacial score (nSPS) is 12.3. The van der Waals surface area contributed by atoms with E-state index < -0.39 is 34.5 Å². The first-order valence-corrected chi connectivity index (χ1v) is 10.7. The number of esters is 1. The molecule has 0 bridgehead atoms. The van der Waals surface area contributed by atoms with Crippen molar-refractivity contribution < 1.29 is 22.7 Å². The molecule has 7 nitrogen and oxygen atoms in total. The number of ether oxygens (including phenoxy) is 1. The Hall–Kier alpha value is -2.71. The first-order chi connectivity index (χ1) is 13.6. The Morgan fingerprint density at radius 1 is 1.00 bits per heavy atom. The van der Waals surface area contributed by atoms with Crippen molar-refractivity contribution in [1.29, 1.82) is 0 Å². The van der Waals surface area contributed by atoms with Crippen molar-refractivity contribution in [2.75, 3.05) is 6.54 Å². The van der Waals surface area contributed by atoms with Gasteiger partial charge in [-0.05, 0) is 50.5 Å². The summed E-state index contributed by atoms with van der Waals surface area (Å²) in [6.07, 6.45) is -1.04. The summed E-state index contributed by atoms with van der Waals surface area (Å²) in [5.74, 6) is -1.30. The maximum atomic E-state index is 12.4. The standard InChI is InChI=1S/C21H26N2O5S/c1-14-6-9-18(10-7-14)12-22-21(25)17(4)28-20(24)13-23-29(26,27)19-11-15(2)5-8-16(19)3/h5-11,17,23H,12-13H2,1-4H3,(H,22,25)/t17-/m0/s1. The van der Waals surface area contributed by atoms with E-state index in [4.69, 9.17) is 4.74 Å². The second-order valence-electron chi connectivity index (χ2n) is 6.93. The number of amides is 1. The molecule has 2 aromatic rings. The Balaban J connectivity index is 1.85. The number of aryl methyl sites for hydroxylation is 3. The van der Waals surface area contributed by atoms with Crippen LogP contribution in [-0.4, -0.2) is 32.9 Å². The molecule has 0 fully saturated rings. The fraction of sp³-hybridized carbons (Fsp3) is 0.333. The molecule has 1 atom stereocenters. The number of carbonyl (C=O) groups excluding carboxylic acids is 2. The molecule has 0 unspecified atom stereocenters. The third kappa shape index (κ3) is 6.69. The Morgan fingerprint density at radius 3 is 2.28 bits per heavy atom. The fourth-order valence-corrected chi connectivity index (χ4v) is 3.86. The lowest BCUT2D eigenvalue weighted by Crippen LogP contribution is -2.38. The molecule has 2 rings (SSSR count). The summed E-state index contributed by atoms with van der Waals surface area (Å²) in [7, 11) is -3.87. The van der Waals surface area contributed by atoms with Crippen LogP contribution in [0.2, 0.25) is 0 Å². The van der Waals surface area contributed by atoms with E-state index in [2.05, 4.69) is 10.0 Å². The van der Waals surface area contributed by atoms with E-state index >= 15 is 0 Å². The van der Waals surface area contributed by atoms with Crippen LogP contribution >= 0.6 is 0 Å². The van der Waals surface area contributed by atoms with Gasteiger partial charge in [0.15, 0.2) is 6.10 Å². The molecule has 0 saturated heterocycles. The van der Waals surface area contributed by atoms with Crippen LogP contribution < -0.4 is 10.0 Å². The van der Waals surface area contributed by atoms with Crippen LogP contribution in [0.1, 0.15) is 29.2 Å². The van der Waals surface area contributed by atoms with Crippen molar-refractivity contribution in [2.45, 2.75) is 45.2 Å². The van der Waals surface area contributed by atoms with Crippen molar-refractivity contribution >= 4 is 21.9 Å². The molecule has 0 heterocycles. The third-order valence-corrected chi connectivity index (χ3v) is 5.85. The summed E-state index contributed by atoms with van der Waals surface area (Å²) in [4.78, 5) is 24.2. The number of sulfonamides is 1. The molecule has 0 aromatic heterocycles. The van der Waals surface area contributed by atoms with Crippen LogP contribution in [-0.2, 0) is 30.9 Å². The van der Waals surface area contributed by atoms with Crippen molar-refractivity contribution in [3.8, 4) is 0 Å². The van der Waals surface area contributed by atoms with Gasteiger partial charge in [-0.3, -0.25) is 9.59 Å². The Labute approximate surface area is 171 Å². The second-order valence-corrected chi connectivity index (χ2v) is 8.66. The van der Waals surface area contributed by atoms with E-state index in [1.54, 1.807) is 26.0 Å². The average molecular weight is 419 g/mol. The third-order valence-electron chi connectivity index (χ3n) is 4.30. The summed E-state index contributed by atoms with van der Waals surface area (Å²) in [6.45, 7) is 6.60. The zero-order valence-electron chi connectivity index (χ0n) is 17.0. The van der Waals surface area contributed by atoms with Gasteiger partial charge < -0.3 is 10.1 Å². The van der Waals surface area contributed by atoms with E-state index in [0.717, 1.165) is 16.7 Å². The first kappa shape index (κ1) is 22.6. The highest BCUT2D eigenvalue weighted by molar-refractivity contribution is 7.89. The summed E-state index contributed by atoms with van der Waals surface area (Å²) in [5, 5.41) is 2.68. The second kappa shape index (κ2) is 9.67. The Bertz CT molecular complexity index is 985. The highest BCUT2D eigenvalue weighted by Gasteiger charge is 2.21. The minimum Gasteiger partial charge on any atom is -0.452 e. The molecule has 156 valence electrons. The molecular weight excluding hydrogens is 392 g/mol. The lowest BCUT2D eigenvalue weighted by molar-refractivity contribution is -0.153. The predicted molar refractivity (Wildman–Crippen MR) is 110 cm³/mol. The maximum absolute atomic E-state index is 12.4. The molecule has 29 heavy (non-hydrogen) atoms. The van der Waals surface area contributed by atoms with Crippen LogP contribution in [0.25, 0.3) is 0 Å². The van der Waals surface area contributed by atoms with Gasteiger partial charge in [-0.15, -0.1) is 0 Å². The van der Waals surface area contributed by atoms with Crippen LogP contribution in [0.5, 0.6) is 0 Å². The van der Waals surface area contributed by atoms with E-state index in [-0.39, 0.29) is 4.90 Å². The number of rotatable bonds is 8. The van der Waals surface area contributed by atoms with Crippen LogP contribution in [0, 0.1) is 20.8 Å². The molecule has 0 aliphatic carbocycles. The number of hydrogen-bond acceptors (Lipinski definition) is 5. The van der Waals surface area contributed by atoms with Gasteiger partial charge >= 0.3 is 5.97 Å². The SMILES string of the molecule is Cc1ccc(CNC(=O)[C@H](C)OC(=O)CNS(=O)(=O)c2cc(C)ccc2C)cc1. The minimum absolute atomic E-state index is 0.106. The van der Waals surface area contributed by atoms with Crippen molar-refractivity contribution in [3.63, 3.8) is 0 Å². The molecule has 2 N–H and O–H groups in total. The van der Waals surface area contributed by atoms with Gasteiger partial charge in [0.1, 0.15) is 6.54 Å². The number of nitrogens with one attached hydrogen (secondary N) is 2. The summed E-state index contributed by atoms with van der Waals surface area (Å²) in [6, 6.07) is 12.7. The fourth-order valence-electron chi connectivity index (χ4n) is 2.56. The van der Waals surface area contributed by atoms with Gasteiger partial charge in [-0.2, -0.15) is 4.72 Å². The van der Waals surface area contributed by atoms with Crippen LogP contribution in [0.15, 0.2) is 47.4 Å². The number of benzene rings is 2. The van der Waals surface area contributed by atoms with Gasteiger partial charge in [0, 0.05) is 6.54 Å². The minimum atomic E-state index is -3.87. The zero-order chi connectivity index (χ0) is 21.6. The van der Waals surface area contributed by atoms with Gasteiger partial charge in [0.05, 0.1) is 4.90 Å². The van der Waals surface area contributed by atoms with Crippen molar-refractivity contribution in [1.82, 2.24) is 10.0 Å². The molecule has 0 aliphatic heterocycles. The maximum Gasteiger partial charge on any atom is 0.321 e. The number of hydrogen-bond donors (Lipinski definition) is 2. The molecule has 0 saturated carbocycles. The molecule has 0 spiro atoms. The lowest BCUT2D eigenvalue weighted by Gasteiger charge is -2.14. The lowest BCUT2D eigenvalue weighted by atomic mass is 10.1. The molecular formula is C21H26N2O5S. The number of carbonyl (C=O) groups is 2. The highest BCUT2D eigenvalue weighted by Crippen LogP contribution is 2.16. The van der Waals surface area contributed by atoms with Crippen molar-refractivity contribution in [2.24, 2.45) is 0 Å². The van der Waals surface area contributed by atoms with Gasteiger partial charge in [0.25, 0.3) is 5.91 Å². The monoisotopic (exact) mass is 418 g/mol. The van der Waals surface area contributed by atoms with Crippen molar-refractivity contribution in [3.05, 3.63) is 64.7 Å². The largest absolute Gasteiger partial charge is 0.452 e. The zero-order valence-corrected chi connectivity index (χ0v) is 17.8. The molecule has 8 heteroatoms.